The molecule has 0 spiro atoms. The lowest BCUT2D eigenvalue weighted by molar-refractivity contribution is 0.102. The first kappa shape index (κ1) is 14.6. The Morgan fingerprint density at radius 2 is 1.90 bits per heavy atom. The van der Waals surface area contributed by atoms with E-state index in [0.717, 1.165) is 0 Å². The lowest BCUT2D eigenvalue weighted by atomic mass is 10.2. The molecule has 0 saturated carbocycles. The van der Waals surface area contributed by atoms with E-state index in [2.05, 4.69) is 5.32 Å². The zero-order valence-electron chi connectivity index (χ0n) is 10.8. The lowest BCUT2D eigenvalue weighted by Gasteiger charge is -2.09. The Morgan fingerprint density at radius 1 is 1.20 bits per heavy atom. The second-order valence-electron chi connectivity index (χ2n) is 4.23. The van der Waals surface area contributed by atoms with E-state index < -0.39 is 11.3 Å². The number of aryl methyl sites for hydroxylation is 2. The average Bonchev–Trinajstić information content (AvgIpc) is 2.32. The fourth-order valence-corrected chi connectivity index (χ4v) is 2.14. The van der Waals surface area contributed by atoms with Crippen molar-refractivity contribution in [2.24, 2.45) is 0 Å². The predicted molar refractivity (Wildman–Crippen MR) is 78.9 cm³/mol. The molecule has 0 unspecified atom stereocenters. The summed E-state index contributed by atoms with van der Waals surface area (Å²) in [6.45, 7) is 3.20. The average molecular weight is 312 g/mol. The van der Waals surface area contributed by atoms with Gasteiger partial charge in [0, 0.05) is 11.1 Å². The van der Waals surface area contributed by atoms with Gasteiger partial charge >= 0.3 is 0 Å². The maximum absolute atomic E-state index is 12.2. The second kappa shape index (κ2) is 5.69. The molecule has 2 aromatic rings. The van der Waals surface area contributed by atoms with Crippen molar-refractivity contribution in [3.63, 3.8) is 0 Å². The van der Waals surface area contributed by atoms with Crippen LogP contribution in [-0.2, 0) is 0 Å². The summed E-state index contributed by atoms with van der Waals surface area (Å²) in [5, 5.41) is 3.31. The molecule has 1 heterocycles. The summed E-state index contributed by atoms with van der Waals surface area (Å²) in [5.74, 6) is 0.121. The highest BCUT2D eigenvalue weighted by atomic mass is 35.5. The molecular weight excluding hydrogens is 301 g/mol. The molecule has 0 fully saturated rings. The Labute approximate surface area is 125 Å². The van der Waals surface area contributed by atoms with E-state index in [0.29, 0.717) is 21.5 Å². The number of halogens is 2. The molecule has 0 aliphatic heterocycles. The zero-order chi connectivity index (χ0) is 14.9. The minimum absolute atomic E-state index is 0.0494. The SMILES string of the molecule is Cc1cc(=O)c(C(=O)Nc2cc(Cl)ccc2Cl)c(C)o1. The maximum Gasteiger partial charge on any atom is 0.263 e. The smallest absolute Gasteiger partial charge is 0.263 e. The van der Waals surface area contributed by atoms with Crippen LogP contribution in [0.3, 0.4) is 0 Å². The number of amides is 1. The Balaban J connectivity index is 2.38. The summed E-state index contributed by atoms with van der Waals surface area (Å²) in [4.78, 5) is 24.0. The van der Waals surface area contributed by atoms with Crippen molar-refractivity contribution < 1.29 is 9.21 Å². The van der Waals surface area contributed by atoms with Crippen LogP contribution in [0, 0.1) is 13.8 Å². The van der Waals surface area contributed by atoms with Gasteiger partial charge in [0.05, 0.1) is 10.7 Å². The third kappa shape index (κ3) is 3.03. The molecule has 6 heteroatoms. The zero-order valence-corrected chi connectivity index (χ0v) is 12.3. The third-order valence-electron chi connectivity index (χ3n) is 2.65. The number of carbonyl (C=O) groups is 1. The first-order chi connectivity index (χ1) is 9.38. The normalized spacial score (nSPS) is 10.4. The first-order valence-corrected chi connectivity index (χ1v) is 6.52. The Kier molecular flexibility index (Phi) is 4.16. The minimum Gasteiger partial charge on any atom is -0.466 e. The molecule has 0 bridgehead atoms. The highest BCUT2D eigenvalue weighted by Crippen LogP contribution is 2.25. The molecule has 20 heavy (non-hydrogen) atoms. The van der Waals surface area contributed by atoms with Crippen molar-refractivity contribution in [2.75, 3.05) is 5.32 Å². The van der Waals surface area contributed by atoms with Gasteiger partial charge in [0.25, 0.3) is 5.91 Å². The number of hydrogen-bond donors (Lipinski definition) is 1. The monoisotopic (exact) mass is 311 g/mol. The molecule has 0 aliphatic rings. The molecule has 1 N–H and O–H groups in total. The lowest BCUT2D eigenvalue weighted by Crippen LogP contribution is -2.22. The number of anilines is 1. The van der Waals surface area contributed by atoms with Crippen LogP contribution in [0.1, 0.15) is 21.9 Å². The van der Waals surface area contributed by atoms with Crippen LogP contribution in [0.5, 0.6) is 0 Å². The molecule has 2 rings (SSSR count). The minimum atomic E-state index is -0.583. The van der Waals surface area contributed by atoms with Crippen molar-refractivity contribution >= 4 is 34.8 Å². The molecule has 1 aromatic heterocycles. The fraction of sp³-hybridized carbons (Fsp3) is 0.143. The van der Waals surface area contributed by atoms with Crippen LogP contribution in [0.25, 0.3) is 0 Å². The van der Waals surface area contributed by atoms with E-state index in [1.807, 2.05) is 0 Å². The molecule has 0 aliphatic carbocycles. The Morgan fingerprint density at radius 3 is 2.55 bits per heavy atom. The van der Waals surface area contributed by atoms with Crippen molar-refractivity contribution in [2.45, 2.75) is 13.8 Å². The molecular formula is C14H11Cl2NO3. The fourth-order valence-electron chi connectivity index (χ4n) is 1.80. The van der Waals surface area contributed by atoms with Crippen LogP contribution in [0.4, 0.5) is 5.69 Å². The van der Waals surface area contributed by atoms with Gasteiger partial charge in [0.1, 0.15) is 17.1 Å². The highest BCUT2D eigenvalue weighted by Gasteiger charge is 2.17. The second-order valence-corrected chi connectivity index (χ2v) is 5.07. The number of hydrogen-bond acceptors (Lipinski definition) is 3. The van der Waals surface area contributed by atoms with Crippen molar-refractivity contribution in [3.8, 4) is 0 Å². The summed E-state index contributed by atoms with van der Waals surface area (Å²) < 4.78 is 5.28. The number of benzene rings is 1. The van der Waals surface area contributed by atoms with Gasteiger partial charge in [-0.1, -0.05) is 23.2 Å². The quantitative estimate of drug-likeness (QED) is 0.917. The molecule has 104 valence electrons. The van der Waals surface area contributed by atoms with Gasteiger partial charge in [-0.3, -0.25) is 9.59 Å². The van der Waals surface area contributed by atoms with E-state index >= 15 is 0 Å². The van der Waals surface area contributed by atoms with Crippen LogP contribution < -0.4 is 10.7 Å². The van der Waals surface area contributed by atoms with Crippen LogP contribution in [0.2, 0.25) is 10.0 Å². The van der Waals surface area contributed by atoms with Crippen LogP contribution in [-0.4, -0.2) is 5.91 Å². The Hall–Kier alpha value is -1.78. The van der Waals surface area contributed by atoms with Gasteiger partial charge < -0.3 is 9.73 Å². The summed E-state index contributed by atoms with van der Waals surface area (Å²) >= 11 is 11.8. The van der Waals surface area contributed by atoms with Gasteiger partial charge in [-0.2, -0.15) is 0 Å². The summed E-state index contributed by atoms with van der Waals surface area (Å²) in [6.07, 6.45) is 0. The maximum atomic E-state index is 12.2. The molecule has 0 saturated heterocycles. The van der Waals surface area contributed by atoms with Gasteiger partial charge in [-0.15, -0.1) is 0 Å². The number of rotatable bonds is 2. The summed E-state index contributed by atoms with van der Waals surface area (Å²) in [7, 11) is 0. The highest BCUT2D eigenvalue weighted by molar-refractivity contribution is 6.35. The molecule has 1 aromatic carbocycles. The molecule has 0 atom stereocenters. The van der Waals surface area contributed by atoms with E-state index in [-0.39, 0.29) is 11.3 Å². The number of carbonyl (C=O) groups excluding carboxylic acids is 1. The summed E-state index contributed by atoms with van der Waals surface area (Å²) in [5.41, 5.74) is -0.114. The van der Waals surface area contributed by atoms with Crippen molar-refractivity contribution in [1.29, 1.82) is 0 Å². The predicted octanol–water partition coefficient (Wildman–Crippen LogP) is 3.82. The van der Waals surface area contributed by atoms with E-state index in [4.69, 9.17) is 27.6 Å². The van der Waals surface area contributed by atoms with Gasteiger partial charge in [0.2, 0.25) is 0 Å². The molecule has 1 amide bonds. The largest absolute Gasteiger partial charge is 0.466 e. The van der Waals surface area contributed by atoms with E-state index in [1.165, 1.54) is 12.1 Å². The van der Waals surface area contributed by atoms with Crippen molar-refractivity contribution in [1.82, 2.24) is 0 Å². The standard InChI is InChI=1S/C14H11Cl2NO3/c1-7-5-12(18)13(8(2)20-7)14(19)17-11-6-9(15)3-4-10(11)16/h3-6H,1-2H3,(H,17,19). The van der Waals surface area contributed by atoms with E-state index in [1.54, 1.807) is 26.0 Å². The third-order valence-corrected chi connectivity index (χ3v) is 3.22. The van der Waals surface area contributed by atoms with Gasteiger partial charge in [0.15, 0.2) is 5.43 Å². The molecule has 0 radical (unpaired) electrons. The van der Waals surface area contributed by atoms with Gasteiger partial charge in [-0.25, -0.2) is 0 Å². The summed E-state index contributed by atoms with van der Waals surface area (Å²) in [6, 6.07) is 5.93. The molecule has 4 nitrogen and oxygen atoms in total. The van der Waals surface area contributed by atoms with E-state index in [9.17, 15) is 9.59 Å². The van der Waals surface area contributed by atoms with Crippen molar-refractivity contribution in [3.05, 3.63) is 61.6 Å². The van der Waals surface area contributed by atoms with Crippen LogP contribution >= 0.6 is 23.2 Å². The number of nitrogens with one attached hydrogen (secondary N) is 1. The topological polar surface area (TPSA) is 59.3 Å². The Bertz CT molecular complexity index is 738. The first-order valence-electron chi connectivity index (χ1n) is 5.76. The van der Waals surface area contributed by atoms with Crippen LogP contribution in [0.15, 0.2) is 33.5 Å². The van der Waals surface area contributed by atoms with Gasteiger partial charge in [-0.05, 0) is 32.0 Å².